The fourth-order valence-corrected chi connectivity index (χ4v) is 2.01. The van der Waals surface area contributed by atoms with Crippen molar-refractivity contribution >= 4 is 22.7 Å². The number of aliphatic carboxylic acids is 1. The van der Waals surface area contributed by atoms with Crippen molar-refractivity contribution in [3.63, 3.8) is 0 Å². The minimum absolute atomic E-state index is 0.0240. The first-order valence-electron chi connectivity index (χ1n) is 5.75. The van der Waals surface area contributed by atoms with Gasteiger partial charge in [0.05, 0.1) is 5.56 Å². The Morgan fingerprint density at radius 3 is 2.45 bits per heavy atom. The number of halogens is 3. The van der Waals surface area contributed by atoms with Crippen LogP contribution in [0.1, 0.15) is 28.5 Å². The van der Waals surface area contributed by atoms with E-state index in [-0.39, 0.29) is 10.9 Å². The first-order chi connectivity index (χ1) is 9.25. The van der Waals surface area contributed by atoms with Gasteiger partial charge >= 0.3 is 12.1 Å². The number of carbonyl (C=O) groups excluding carboxylic acids is 1. The lowest BCUT2D eigenvalue weighted by Gasteiger charge is -2.05. The van der Waals surface area contributed by atoms with E-state index in [9.17, 15) is 22.8 Å². The maximum atomic E-state index is 12.9. The van der Waals surface area contributed by atoms with E-state index in [0.29, 0.717) is 12.0 Å². The predicted molar refractivity (Wildman–Crippen MR) is 64.6 cm³/mol. The molecule has 0 saturated carbocycles. The number of rotatable bonds is 3. The Morgan fingerprint density at radius 1 is 1.30 bits per heavy atom. The van der Waals surface area contributed by atoms with Gasteiger partial charge in [-0.05, 0) is 24.1 Å². The molecule has 0 atom stereocenters. The summed E-state index contributed by atoms with van der Waals surface area (Å²) in [6, 6.07) is 4.42. The van der Waals surface area contributed by atoms with Gasteiger partial charge < -0.3 is 10.1 Å². The zero-order valence-electron chi connectivity index (χ0n) is 10.3. The van der Waals surface area contributed by atoms with Gasteiger partial charge in [0, 0.05) is 10.9 Å². The maximum absolute atomic E-state index is 12.9. The van der Waals surface area contributed by atoms with Crippen LogP contribution in [0.3, 0.4) is 0 Å². The number of benzene rings is 1. The number of aryl methyl sites for hydroxylation is 1. The van der Waals surface area contributed by atoms with Gasteiger partial charge in [0.2, 0.25) is 0 Å². The van der Waals surface area contributed by atoms with Gasteiger partial charge in [-0.1, -0.05) is 13.0 Å². The van der Waals surface area contributed by atoms with E-state index in [4.69, 9.17) is 5.11 Å². The van der Waals surface area contributed by atoms with Crippen molar-refractivity contribution in [2.45, 2.75) is 19.5 Å². The summed E-state index contributed by atoms with van der Waals surface area (Å²) in [7, 11) is 0. The smallest absolute Gasteiger partial charge is 0.432 e. The van der Waals surface area contributed by atoms with Crippen LogP contribution >= 0.6 is 0 Å². The predicted octanol–water partition coefficient (Wildman–Crippen LogP) is 3.02. The molecule has 7 heteroatoms. The fraction of sp³-hybridized carbons (Fsp3) is 0.231. The summed E-state index contributed by atoms with van der Waals surface area (Å²) < 4.78 is 38.7. The van der Waals surface area contributed by atoms with Crippen molar-refractivity contribution in [2.24, 2.45) is 0 Å². The molecule has 4 nitrogen and oxygen atoms in total. The lowest BCUT2D eigenvalue weighted by atomic mass is 10.0. The minimum atomic E-state index is -4.83. The first kappa shape index (κ1) is 14.1. The number of ketones is 1. The zero-order valence-corrected chi connectivity index (χ0v) is 10.3. The third-order valence-corrected chi connectivity index (χ3v) is 2.98. The number of H-pyrrole nitrogens is 1. The fourth-order valence-electron chi connectivity index (χ4n) is 2.01. The number of hydrogen-bond acceptors (Lipinski definition) is 2. The number of carboxylic acid groups (broad SMARTS) is 1. The summed E-state index contributed by atoms with van der Waals surface area (Å²) >= 11 is 0. The van der Waals surface area contributed by atoms with Gasteiger partial charge in [-0.15, -0.1) is 0 Å². The highest BCUT2D eigenvalue weighted by molar-refractivity contribution is 6.42. The van der Waals surface area contributed by atoms with Crippen LogP contribution in [0.2, 0.25) is 0 Å². The zero-order chi connectivity index (χ0) is 15.1. The van der Waals surface area contributed by atoms with Crippen molar-refractivity contribution in [2.75, 3.05) is 0 Å². The largest absolute Gasteiger partial charge is 0.475 e. The van der Waals surface area contributed by atoms with Crippen molar-refractivity contribution in [3.05, 3.63) is 35.0 Å². The van der Waals surface area contributed by atoms with E-state index in [1.165, 1.54) is 12.1 Å². The van der Waals surface area contributed by atoms with Crippen LogP contribution in [0.25, 0.3) is 10.9 Å². The van der Waals surface area contributed by atoms with E-state index in [2.05, 4.69) is 4.98 Å². The van der Waals surface area contributed by atoms with Crippen LogP contribution in [-0.4, -0.2) is 21.8 Å². The van der Waals surface area contributed by atoms with Crippen LogP contribution in [0.4, 0.5) is 13.2 Å². The van der Waals surface area contributed by atoms with E-state index in [0.717, 1.165) is 0 Å². The molecule has 0 spiro atoms. The maximum Gasteiger partial charge on any atom is 0.432 e. The number of aromatic nitrogens is 1. The molecule has 1 aromatic heterocycles. The van der Waals surface area contributed by atoms with Crippen LogP contribution < -0.4 is 0 Å². The topological polar surface area (TPSA) is 70.2 Å². The molecule has 0 unspecified atom stereocenters. The monoisotopic (exact) mass is 285 g/mol. The molecule has 0 aliphatic carbocycles. The van der Waals surface area contributed by atoms with E-state index < -0.39 is 29.2 Å². The molecule has 1 heterocycles. The Morgan fingerprint density at radius 2 is 1.95 bits per heavy atom. The number of Topliss-reactive ketones (excluding diaryl/α,β-unsaturated/α-hetero) is 1. The second-order valence-corrected chi connectivity index (χ2v) is 4.24. The molecule has 1 aromatic carbocycles. The van der Waals surface area contributed by atoms with Gasteiger partial charge in [-0.2, -0.15) is 13.2 Å². The molecule has 20 heavy (non-hydrogen) atoms. The number of nitrogens with one attached hydrogen (secondary N) is 1. The number of alkyl halides is 3. The molecule has 0 amide bonds. The molecule has 0 bridgehead atoms. The normalized spacial score (nSPS) is 11.8. The van der Waals surface area contributed by atoms with Gasteiger partial charge in [-0.25, -0.2) is 4.79 Å². The minimum Gasteiger partial charge on any atom is -0.475 e. The van der Waals surface area contributed by atoms with Crippen molar-refractivity contribution in [1.82, 2.24) is 4.98 Å². The number of aromatic amines is 1. The number of fused-ring (bicyclic) bond motifs is 1. The second kappa shape index (κ2) is 4.66. The Bertz CT molecular complexity index is 701. The summed E-state index contributed by atoms with van der Waals surface area (Å²) in [5.74, 6) is -3.49. The third-order valence-electron chi connectivity index (χ3n) is 2.98. The highest BCUT2D eigenvalue weighted by atomic mass is 19.4. The van der Waals surface area contributed by atoms with Crippen molar-refractivity contribution in [1.29, 1.82) is 0 Å². The highest BCUT2D eigenvalue weighted by Crippen LogP contribution is 2.36. The molecule has 106 valence electrons. The van der Waals surface area contributed by atoms with Gasteiger partial charge in [0.25, 0.3) is 5.78 Å². The van der Waals surface area contributed by atoms with Crippen LogP contribution in [0.15, 0.2) is 18.2 Å². The van der Waals surface area contributed by atoms with Crippen LogP contribution in [0, 0.1) is 0 Å². The molecule has 0 saturated heterocycles. The molecule has 0 aliphatic heterocycles. The van der Waals surface area contributed by atoms with E-state index in [1.54, 1.807) is 13.0 Å². The van der Waals surface area contributed by atoms with E-state index >= 15 is 0 Å². The van der Waals surface area contributed by atoms with Gasteiger partial charge in [0.15, 0.2) is 0 Å². The number of carboxylic acids is 1. The van der Waals surface area contributed by atoms with Crippen LogP contribution in [-0.2, 0) is 17.4 Å². The average molecular weight is 285 g/mol. The quantitative estimate of drug-likeness (QED) is 0.672. The van der Waals surface area contributed by atoms with Crippen molar-refractivity contribution in [3.8, 4) is 0 Å². The van der Waals surface area contributed by atoms with Gasteiger partial charge in [-0.3, -0.25) is 4.79 Å². The lowest BCUT2D eigenvalue weighted by Crippen LogP contribution is -2.18. The molecule has 2 rings (SSSR count). The average Bonchev–Trinajstić information content (AvgIpc) is 2.75. The van der Waals surface area contributed by atoms with Gasteiger partial charge in [0.1, 0.15) is 5.69 Å². The molecule has 0 fully saturated rings. The standard InChI is InChI=1S/C13H10F3NO3/c1-2-6-3-4-8-7(5-6)9(10(18)12(19)20)11(17-8)13(14,15)16/h3-5,17H,2H2,1H3,(H,19,20). The highest BCUT2D eigenvalue weighted by Gasteiger charge is 2.40. The number of hydrogen-bond donors (Lipinski definition) is 2. The molecule has 2 aromatic rings. The second-order valence-electron chi connectivity index (χ2n) is 4.24. The Balaban J connectivity index is 2.83. The SMILES string of the molecule is CCc1ccc2[nH]c(C(F)(F)F)c(C(=O)C(=O)O)c2c1. The summed E-state index contributed by atoms with van der Waals surface area (Å²) in [5.41, 5.74) is -1.37. The summed E-state index contributed by atoms with van der Waals surface area (Å²) in [6.07, 6.45) is -4.27. The summed E-state index contributed by atoms with van der Waals surface area (Å²) in [4.78, 5) is 24.4. The summed E-state index contributed by atoms with van der Waals surface area (Å²) in [5, 5.41) is 8.68. The first-order valence-corrected chi connectivity index (χ1v) is 5.75. The molecule has 0 aliphatic rings. The molecular formula is C13H10F3NO3. The van der Waals surface area contributed by atoms with Crippen molar-refractivity contribution < 1.29 is 27.9 Å². The van der Waals surface area contributed by atoms with E-state index in [1.807, 2.05) is 0 Å². The third kappa shape index (κ3) is 2.26. The Kier molecular flexibility index (Phi) is 3.29. The molecule has 0 radical (unpaired) electrons. The Labute approximate surface area is 111 Å². The lowest BCUT2D eigenvalue weighted by molar-refractivity contribution is -0.141. The summed E-state index contributed by atoms with van der Waals surface area (Å²) in [6.45, 7) is 1.80. The van der Waals surface area contributed by atoms with Crippen LogP contribution in [0.5, 0.6) is 0 Å². The Hall–Kier alpha value is -2.31. The number of carbonyl (C=O) groups is 2. The molecular weight excluding hydrogens is 275 g/mol. The molecule has 2 N–H and O–H groups in total.